The summed E-state index contributed by atoms with van der Waals surface area (Å²) in [4.78, 5) is 4.30. The Hall–Kier alpha value is -2.27. The number of hydrogen-bond donors (Lipinski definition) is 2. The fraction of sp³-hybridized carbons (Fsp3) is 0.143. The molecular formula is C14H13ClN4O. The van der Waals surface area contributed by atoms with Crippen LogP contribution in [-0.2, 0) is 14.1 Å². The number of imidazole rings is 1. The van der Waals surface area contributed by atoms with Crippen LogP contribution in [0.5, 0.6) is 5.88 Å². The topological polar surface area (TPSA) is 66.3 Å². The van der Waals surface area contributed by atoms with Crippen LogP contribution in [0.1, 0.15) is 11.3 Å². The van der Waals surface area contributed by atoms with Crippen molar-refractivity contribution in [1.82, 2.24) is 9.13 Å². The second-order valence-electron chi connectivity index (χ2n) is 4.67. The zero-order valence-corrected chi connectivity index (χ0v) is 11.8. The molecule has 102 valence electrons. The van der Waals surface area contributed by atoms with Gasteiger partial charge in [-0.1, -0.05) is 17.7 Å². The average Bonchev–Trinajstić information content (AvgIpc) is 2.90. The van der Waals surface area contributed by atoms with Gasteiger partial charge in [0.1, 0.15) is 5.69 Å². The lowest BCUT2D eigenvalue weighted by molar-refractivity contribution is 0.427. The minimum atomic E-state index is 0.0563. The van der Waals surface area contributed by atoms with Crippen LogP contribution in [0, 0.1) is 5.41 Å². The summed E-state index contributed by atoms with van der Waals surface area (Å²) in [5.41, 5.74) is 3.45. The van der Waals surface area contributed by atoms with Gasteiger partial charge in [0, 0.05) is 36.5 Å². The summed E-state index contributed by atoms with van der Waals surface area (Å²) < 4.78 is 3.03. The SMILES string of the molecule is Cn1c(O)c(/C=C2\C=Nc3cc(Cl)ccc32)n(C)c1=N. The summed E-state index contributed by atoms with van der Waals surface area (Å²) in [5, 5.41) is 18.5. The highest BCUT2D eigenvalue weighted by molar-refractivity contribution is 6.31. The molecule has 0 saturated heterocycles. The van der Waals surface area contributed by atoms with Gasteiger partial charge in [0.2, 0.25) is 11.5 Å². The van der Waals surface area contributed by atoms with Crippen molar-refractivity contribution in [2.75, 3.05) is 0 Å². The average molecular weight is 289 g/mol. The van der Waals surface area contributed by atoms with Gasteiger partial charge in [-0.05, 0) is 18.2 Å². The van der Waals surface area contributed by atoms with Crippen LogP contribution in [0.25, 0.3) is 11.6 Å². The van der Waals surface area contributed by atoms with E-state index in [1.165, 1.54) is 4.57 Å². The summed E-state index contributed by atoms with van der Waals surface area (Å²) in [6.07, 6.45) is 3.55. The zero-order valence-electron chi connectivity index (χ0n) is 11.1. The standard InChI is InChI=1S/C14H13ClN4O/c1-18-12(13(20)19(2)14(18)16)5-8-7-17-11-6-9(15)3-4-10(8)11/h3-7,16,20H,1-2H3/b8-5+,16-14?. The predicted octanol–water partition coefficient (Wildman–Crippen LogP) is 2.46. The van der Waals surface area contributed by atoms with E-state index in [2.05, 4.69) is 4.99 Å². The fourth-order valence-electron chi connectivity index (χ4n) is 2.25. The fourth-order valence-corrected chi connectivity index (χ4v) is 2.42. The minimum Gasteiger partial charge on any atom is -0.493 e. The van der Waals surface area contributed by atoms with E-state index in [1.54, 1.807) is 30.9 Å². The summed E-state index contributed by atoms with van der Waals surface area (Å²) in [7, 11) is 3.39. The number of aliphatic imine (C=N–C) groups is 1. The summed E-state index contributed by atoms with van der Waals surface area (Å²) >= 11 is 5.94. The Bertz CT molecular complexity index is 826. The first kappa shape index (κ1) is 12.7. The van der Waals surface area contributed by atoms with E-state index in [0.29, 0.717) is 10.7 Å². The van der Waals surface area contributed by atoms with Gasteiger partial charge in [0.25, 0.3) is 0 Å². The monoisotopic (exact) mass is 288 g/mol. The van der Waals surface area contributed by atoms with Crippen molar-refractivity contribution in [3.8, 4) is 5.88 Å². The molecule has 1 aromatic heterocycles. The number of benzene rings is 1. The van der Waals surface area contributed by atoms with E-state index in [-0.39, 0.29) is 11.5 Å². The van der Waals surface area contributed by atoms with Crippen LogP contribution in [0.4, 0.5) is 5.69 Å². The maximum atomic E-state index is 10.1. The van der Waals surface area contributed by atoms with Gasteiger partial charge in [-0.25, -0.2) is 0 Å². The number of rotatable bonds is 1. The molecule has 2 N–H and O–H groups in total. The molecule has 0 aliphatic carbocycles. The van der Waals surface area contributed by atoms with Gasteiger partial charge in [-0.15, -0.1) is 0 Å². The summed E-state index contributed by atoms with van der Waals surface area (Å²) in [6.45, 7) is 0. The molecule has 1 aliphatic heterocycles. The Morgan fingerprint density at radius 3 is 2.70 bits per heavy atom. The van der Waals surface area contributed by atoms with E-state index >= 15 is 0 Å². The third-order valence-corrected chi connectivity index (χ3v) is 3.68. The molecule has 0 spiro atoms. The molecule has 0 atom stereocenters. The van der Waals surface area contributed by atoms with E-state index in [0.717, 1.165) is 16.8 Å². The van der Waals surface area contributed by atoms with Gasteiger partial charge >= 0.3 is 0 Å². The van der Waals surface area contributed by atoms with Crippen LogP contribution in [0.3, 0.4) is 0 Å². The molecule has 0 unspecified atom stereocenters. The maximum Gasteiger partial charge on any atom is 0.218 e. The third-order valence-electron chi connectivity index (χ3n) is 3.45. The second kappa shape index (κ2) is 4.38. The van der Waals surface area contributed by atoms with Crippen LogP contribution in [0.2, 0.25) is 5.02 Å². The highest BCUT2D eigenvalue weighted by Crippen LogP contribution is 2.35. The van der Waals surface area contributed by atoms with E-state index < -0.39 is 0 Å². The van der Waals surface area contributed by atoms with Gasteiger partial charge in [0.15, 0.2) is 0 Å². The quantitative estimate of drug-likeness (QED) is 0.832. The van der Waals surface area contributed by atoms with Crippen molar-refractivity contribution < 1.29 is 5.11 Å². The van der Waals surface area contributed by atoms with Crippen LogP contribution in [-0.4, -0.2) is 20.5 Å². The third kappa shape index (κ3) is 1.78. The van der Waals surface area contributed by atoms with Crippen LogP contribution >= 0.6 is 11.6 Å². The first-order chi connectivity index (χ1) is 9.49. The van der Waals surface area contributed by atoms with Crippen molar-refractivity contribution in [2.45, 2.75) is 0 Å². The molecule has 6 heteroatoms. The lowest BCUT2D eigenvalue weighted by atomic mass is 10.1. The smallest absolute Gasteiger partial charge is 0.218 e. The number of nitrogens with zero attached hydrogens (tertiary/aromatic N) is 3. The molecule has 0 radical (unpaired) electrons. The Labute approximate surface area is 120 Å². The van der Waals surface area contributed by atoms with E-state index in [4.69, 9.17) is 17.0 Å². The lowest BCUT2D eigenvalue weighted by Crippen LogP contribution is -2.20. The molecule has 3 rings (SSSR count). The Morgan fingerprint density at radius 1 is 1.30 bits per heavy atom. The van der Waals surface area contributed by atoms with Gasteiger partial charge < -0.3 is 9.67 Å². The van der Waals surface area contributed by atoms with Crippen LogP contribution < -0.4 is 5.62 Å². The highest BCUT2D eigenvalue weighted by Gasteiger charge is 2.16. The normalized spacial score (nSPS) is 15.1. The molecule has 1 aliphatic rings. The molecular weight excluding hydrogens is 276 g/mol. The molecule has 1 aromatic carbocycles. The summed E-state index contributed by atoms with van der Waals surface area (Å²) in [5.74, 6) is 0.0563. The lowest BCUT2D eigenvalue weighted by Gasteiger charge is -2.01. The number of aromatic nitrogens is 2. The number of fused-ring (bicyclic) bond motifs is 1. The highest BCUT2D eigenvalue weighted by atomic mass is 35.5. The van der Waals surface area contributed by atoms with Crippen molar-refractivity contribution >= 4 is 35.2 Å². The molecule has 5 nitrogen and oxygen atoms in total. The largest absolute Gasteiger partial charge is 0.493 e. The van der Waals surface area contributed by atoms with Gasteiger partial charge in [-0.2, -0.15) is 0 Å². The van der Waals surface area contributed by atoms with Gasteiger partial charge in [-0.3, -0.25) is 15.0 Å². The van der Waals surface area contributed by atoms with Crippen molar-refractivity contribution in [3.63, 3.8) is 0 Å². The Kier molecular flexibility index (Phi) is 2.79. The van der Waals surface area contributed by atoms with Crippen LogP contribution in [0.15, 0.2) is 23.2 Å². The maximum absolute atomic E-state index is 10.1. The van der Waals surface area contributed by atoms with Crippen molar-refractivity contribution in [3.05, 3.63) is 40.1 Å². The number of hydrogen-bond acceptors (Lipinski definition) is 3. The number of halogens is 1. The zero-order chi connectivity index (χ0) is 14.4. The minimum absolute atomic E-state index is 0.0563. The first-order valence-corrected chi connectivity index (χ1v) is 6.42. The van der Waals surface area contributed by atoms with Gasteiger partial charge in [0.05, 0.1) is 5.69 Å². The Balaban J connectivity index is 2.16. The molecule has 2 heterocycles. The number of aromatic hydroxyl groups is 1. The predicted molar refractivity (Wildman–Crippen MR) is 79.4 cm³/mol. The second-order valence-corrected chi connectivity index (χ2v) is 5.11. The number of allylic oxidation sites excluding steroid dienone is 1. The number of nitrogens with one attached hydrogen (secondary N) is 1. The van der Waals surface area contributed by atoms with E-state index in [1.807, 2.05) is 18.2 Å². The van der Waals surface area contributed by atoms with E-state index in [9.17, 15) is 5.11 Å². The summed E-state index contributed by atoms with van der Waals surface area (Å²) in [6, 6.07) is 5.51. The van der Waals surface area contributed by atoms with Crippen molar-refractivity contribution in [2.24, 2.45) is 19.1 Å². The Morgan fingerprint density at radius 2 is 2.05 bits per heavy atom. The molecule has 0 fully saturated rings. The van der Waals surface area contributed by atoms with Crippen molar-refractivity contribution in [1.29, 1.82) is 5.41 Å². The molecule has 2 aromatic rings. The molecule has 0 amide bonds. The molecule has 0 bridgehead atoms. The first-order valence-electron chi connectivity index (χ1n) is 6.04. The molecule has 20 heavy (non-hydrogen) atoms. The molecule has 0 saturated carbocycles.